The van der Waals surface area contributed by atoms with Crippen LogP contribution in [0.4, 0.5) is 31.9 Å². The van der Waals surface area contributed by atoms with Crippen molar-refractivity contribution >= 4 is 35.0 Å². The van der Waals surface area contributed by atoms with Crippen molar-refractivity contribution < 1.29 is 23.1 Å². The number of alkyl halides is 2. The first-order chi connectivity index (χ1) is 18.2. The van der Waals surface area contributed by atoms with Crippen LogP contribution in [0.25, 0.3) is 0 Å². The summed E-state index contributed by atoms with van der Waals surface area (Å²) in [6.07, 6.45) is 4.79. The molecule has 2 aromatic rings. The van der Waals surface area contributed by atoms with Crippen LogP contribution in [0.15, 0.2) is 24.4 Å². The van der Waals surface area contributed by atoms with Crippen molar-refractivity contribution in [1.29, 1.82) is 0 Å². The van der Waals surface area contributed by atoms with Crippen molar-refractivity contribution in [3.05, 3.63) is 30.0 Å². The molecule has 0 spiro atoms. The zero-order valence-corrected chi connectivity index (χ0v) is 21.8. The van der Waals surface area contributed by atoms with Gasteiger partial charge in [0.05, 0.1) is 31.6 Å². The van der Waals surface area contributed by atoms with Crippen LogP contribution in [0.5, 0.6) is 5.75 Å². The molecule has 3 heterocycles. The van der Waals surface area contributed by atoms with Crippen molar-refractivity contribution in [2.45, 2.75) is 50.6 Å². The molecule has 1 saturated heterocycles. The molecule has 2 N–H and O–H groups in total. The van der Waals surface area contributed by atoms with Gasteiger partial charge in [0.2, 0.25) is 5.95 Å². The SMILES string of the molecule is CCN1CC(NC(=O)c2ccc(Nc3ncc4c(n3)N(C3CCCC3)CC(F)(F)C(=O)N4C)c(OC)c2)C1. The van der Waals surface area contributed by atoms with Gasteiger partial charge in [-0.05, 0) is 37.6 Å². The number of anilines is 4. The first-order valence-corrected chi connectivity index (χ1v) is 13.0. The van der Waals surface area contributed by atoms with Gasteiger partial charge in [-0.25, -0.2) is 4.98 Å². The normalized spacial score (nSPS) is 20.1. The average Bonchev–Trinajstić information content (AvgIpc) is 3.41. The van der Waals surface area contributed by atoms with Crippen LogP contribution in [-0.2, 0) is 4.79 Å². The van der Waals surface area contributed by atoms with E-state index in [1.807, 2.05) is 0 Å². The van der Waals surface area contributed by atoms with Crippen LogP contribution in [0.2, 0.25) is 0 Å². The summed E-state index contributed by atoms with van der Waals surface area (Å²) in [6, 6.07) is 5.00. The van der Waals surface area contributed by atoms with E-state index in [9.17, 15) is 18.4 Å². The molecule has 38 heavy (non-hydrogen) atoms. The molecule has 0 atom stereocenters. The Hall–Kier alpha value is -3.54. The maximum Gasteiger partial charge on any atom is 0.342 e. The maximum absolute atomic E-state index is 14.8. The summed E-state index contributed by atoms with van der Waals surface area (Å²) in [5, 5.41) is 6.11. The fourth-order valence-electron chi connectivity index (χ4n) is 5.35. The number of rotatable bonds is 7. The highest BCUT2D eigenvalue weighted by molar-refractivity contribution is 6.02. The topological polar surface area (TPSA) is 103 Å². The minimum atomic E-state index is -3.54. The predicted molar refractivity (Wildman–Crippen MR) is 140 cm³/mol. The fraction of sp³-hybridized carbons (Fsp3) is 0.538. The Morgan fingerprint density at radius 1 is 1.24 bits per heavy atom. The Labute approximate surface area is 220 Å². The molecule has 3 aliphatic rings. The minimum absolute atomic E-state index is 0.124. The molecule has 2 fully saturated rings. The number of amides is 2. The summed E-state index contributed by atoms with van der Waals surface area (Å²) in [4.78, 5) is 38.8. The molecule has 5 rings (SSSR count). The molecular formula is C26H33F2N7O3. The van der Waals surface area contributed by atoms with E-state index in [-0.39, 0.29) is 29.6 Å². The summed E-state index contributed by atoms with van der Waals surface area (Å²) < 4.78 is 35.2. The summed E-state index contributed by atoms with van der Waals surface area (Å²) in [7, 11) is 2.81. The lowest BCUT2D eigenvalue weighted by atomic mass is 10.1. The highest BCUT2D eigenvalue weighted by Gasteiger charge is 2.48. The number of hydrogen-bond acceptors (Lipinski definition) is 8. The molecule has 10 nitrogen and oxygen atoms in total. The third-order valence-electron chi connectivity index (χ3n) is 7.59. The Morgan fingerprint density at radius 2 is 1.97 bits per heavy atom. The number of hydrogen-bond donors (Lipinski definition) is 2. The second-order valence-corrected chi connectivity index (χ2v) is 10.1. The lowest BCUT2D eigenvalue weighted by Crippen LogP contribution is -2.58. The first kappa shape index (κ1) is 26.1. The summed E-state index contributed by atoms with van der Waals surface area (Å²) >= 11 is 0. The molecule has 2 aliphatic heterocycles. The maximum atomic E-state index is 14.8. The van der Waals surface area contributed by atoms with Gasteiger partial charge >= 0.3 is 5.92 Å². The molecule has 12 heteroatoms. The average molecular weight is 530 g/mol. The Morgan fingerprint density at radius 3 is 2.66 bits per heavy atom. The second-order valence-electron chi connectivity index (χ2n) is 10.1. The third-order valence-corrected chi connectivity index (χ3v) is 7.59. The molecule has 1 aromatic carbocycles. The van der Waals surface area contributed by atoms with Crippen LogP contribution < -0.4 is 25.2 Å². The Bertz CT molecular complexity index is 1220. The zero-order chi connectivity index (χ0) is 27.0. The van der Waals surface area contributed by atoms with E-state index >= 15 is 0 Å². The van der Waals surface area contributed by atoms with E-state index in [1.165, 1.54) is 20.4 Å². The number of aromatic nitrogens is 2. The Kier molecular flexibility index (Phi) is 7.08. The van der Waals surface area contributed by atoms with E-state index in [0.29, 0.717) is 22.8 Å². The molecule has 204 valence electrons. The van der Waals surface area contributed by atoms with Crippen LogP contribution in [0.1, 0.15) is 43.0 Å². The fourth-order valence-corrected chi connectivity index (χ4v) is 5.35. The summed E-state index contributed by atoms with van der Waals surface area (Å²) in [5.41, 5.74) is 1.21. The van der Waals surface area contributed by atoms with Crippen LogP contribution in [0.3, 0.4) is 0 Å². The van der Waals surface area contributed by atoms with Gasteiger partial charge in [0.25, 0.3) is 11.8 Å². The highest BCUT2D eigenvalue weighted by Crippen LogP contribution is 2.40. The van der Waals surface area contributed by atoms with Gasteiger partial charge in [-0.1, -0.05) is 19.8 Å². The van der Waals surface area contributed by atoms with Gasteiger partial charge in [-0.3, -0.25) is 14.5 Å². The molecule has 1 aliphatic carbocycles. The highest BCUT2D eigenvalue weighted by atomic mass is 19.3. The molecule has 1 aromatic heterocycles. The number of carbonyl (C=O) groups is 2. The van der Waals surface area contributed by atoms with E-state index in [1.54, 1.807) is 23.1 Å². The molecule has 0 radical (unpaired) electrons. The number of fused-ring (bicyclic) bond motifs is 1. The van der Waals surface area contributed by atoms with Gasteiger partial charge in [0, 0.05) is 31.7 Å². The van der Waals surface area contributed by atoms with E-state index in [0.717, 1.165) is 50.2 Å². The van der Waals surface area contributed by atoms with Crippen molar-refractivity contribution in [3.63, 3.8) is 0 Å². The first-order valence-electron chi connectivity index (χ1n) is 13.0. The number of methoxy groups -OCH3 is 1. The lowest BCUT2D eigenvalue weighted by Gasteiger charge is -2.38. The van der Waals surface area contributed by atoms with Crippen molar-refractivity contribution in [2.75, 3.05) is 55.5 Å². The van der Waals surface area contributed by atoms with Gasteiger partial charge in [-0.15, -0.1) is 0 Å². The minimum Gasteiger partial charge on any atom is -0.495 e. The van der Waals surface area contributed by atoms with Crippen LogP contribution >= 0.6 is 0 Å². The third kappa shape index (κ3) is 4.96. The number of halogens is 2. The van der Waals surface area contributed by atoms with E-state index in [4.69, 9.17) is 4.74 Å². The number of benzene rings is 1. The monoisotopic (exact) mass is 529 g/mol. The Balaban J connectivity index is 1.39. The van der Waals surface area contributed by atoms with E-state index < -0.39 is 18.4 Å². The van der Waals surface area contributed by atoms with Crippen LogP contribution in [-0.4, -0.2) is 85.0 Å². The molecular weight excluding hydrogens is 496 g/mol. The number of likely N-dealkylation sites (N-methyl/N-ethyl adjacent to an activating group) is 1. The molecule has 2 amide bonds. The van der Waals surface area contributed by atoms with Crippen molar-refractivity contribution in [2.24, 2.45) is 0 Å². The largest absolute Gasteiger partial charge is 0.495 e. The standard InChI is InChI=1S/C26H33F2N7O3/c1-4-34-13-17(14-34)30-23(36)16-9-10-19(21(11-16)38-3)31-25-29-12-20-22(32-25)35(18-7-5-6-8-18)15-26(27,28)24(37)33(20)2/h9-12,17-18H,4-8,13-15H2,1-3H3,(H,30,36)(H,29,31,32). The van der Waals surface area contributed by atoms with Gasteiger partial charge in [-0.2, -0.15) is 13.8 Å². The quantitative estimate of drug-likeness (QED) is 0.565. The predicted octanol–water partition coefficient (Wildman–Crippen LogP) is 3.02. The van der Waals surface area contributed by atoms with Crippen LogP contribution in [0, 0.1) is 0 Å². The number of nitrogens with one attached hydrogen (secondary N) is 2. The molecule has 0 unspecified atom stereocenters. The van der Waals surface area contributed by atoms with Gasteiger partial charge < -0.3 is 25.2 Å². The van der Waals surface area contributed by atoms with Crippen molar-refractivity contribution in [1.82, 2.24) is 20.2 Å². The molecule has 1 saturated carbocycles. The molecule has 0 bridgehead atoms. The number of ether oxygens (including phenoxy) is 1. The summed E-state index contributed by atoms with van der Waals surface area (Å²) in [5.74, 6) is -4.13. The number of carbonyl (C=O) groups excluding carboxylic acids is 2. The zero-order valence-electron chi connectivity index (χ0n) is 21.8. The second kappa shape index (κ2) is 10.3. The van der Waals surface area contributed by atoms with E-state index in [2.05, 4.69) is 32.4 Å². The lowest BCUT2D eigenvalue weighted by molar-refractivity contribution is -0.140. The number of likely N-dealkylation sites (tertiary alicyclic amines) is 1. The number of nitrogens with zero attached hydrogens (tertiary/aromatic N) is 5. The van der Waals surface area contributed by atoms with Crippen molar-refractivity contribution in [3.8, 4) is 5.75 Å². The smallest absolute Gasteiger partial charge is 0.342 e. The van der Waals surface area contributed by atoms with Gasteiger partial charge in [0.1, 0.15) is 11.4 Å². The summed E-state index contributed by atoms with van der Waals surface area (Å²) in [6.45, 7) is 3.98. The van der Waals surface area contributed by atoms with Gasteiger partial charge in [0.15, 0.2) is 5.82 Å².